The predicted octanol–water partition coefficient (Wildman–Crippen LogP) is 0.870. The molecule has 0 bridgehead atoms. The number of nitrogens with zero attached hydrogens (tertiary/aromatic N) is 2. The van der Waals surface area contributed by atoms with E-state index in [9.17, 15) is 14.7 Å². The third kappa shape index (κ3) is 4.75. The molecule has 1 aromatic rings. The molecule has 106 valence electrons. The van der Waals surface area contributed by atoms with Gasteiger partial charge < -0.3 is 14.8 Å². The van der Waals surface area contributed by atoms with Crippen LogP contribution in [-0.4, -0.2) is 39.2 Å². The van der Waals surface area contributed by atoms with E-state index < -0.39 is 11.4 Å². The van der Waals surface area contributed by atoms with Gasteiger partial charge in [0.2, 0.25) is 5.43 Å². The van der Waals surface area contributed by atoms with Crippen molar-refractivity contribution < 1.29 is 15.0 Å². The van der Waals surface area contributed by atoms with E-state index in [2.05, 4.69) is 6.92 Å². The molecule has 1 aromatic heterocycles. The van der Waals surface area contributed by atoms with Gasteiger partial charge in [-0.3, -0.25) is 14.5 Å². The van der Waals surface area contributed by atoms with Crippen LogP contribution in [0.15, 0.2) is 17.1 Å². The molecule has 0 aliphatic carbocycles. The average molecular weight is 268 g/mol. The maximum atomic E-state index is 11.5. The fraction of sp³-hybridized carbons (Fsp3) is 0.538. The number of aromatic nitrogens is 1. The highest BCUT2D eigenvalue weighted by Crippen LogP contribution is 2.09. The summed E-state index contributed by atoms with van der Waals surface area (Å²) in [5.74, 6) is -1.19. The molecule has 2 N–H and O–H groups in total. The maximum absolute atomic E-state index is 11.5. The minimum absolute atomic E-state index is 0.0944. The number of aliphatic carboxylic acids is 1. The second-order valence-electron chi connectivity index (χ2n) is 4.63. The van der Waals surface area contributed by atoms with E-state index in [1.807, 2.05) is 0 Å². The number of unbranched alkanes of at least 4 members (excludes halogenated alkanes) is 1. The number of rotatable bonds is 7. The zero-order valence-corrected chi connectivity index (χ0v) is 11.3. The molecule has 0 fully saturated rings. The Morgan fingerprint density at radius 3 is 2.74 bits per heavy atom. The van der Waals surface area contributed by atoms with Crippen LogP contribution in [0.2, 0.25) is 0 Å². The Morgan fingerprint density at radius 2 is 2.16 bits per heavy atom. The van der Waals surface area contributed by atoms with E-state index in [1.54, 1.807) is 16.5 Å². The van der Waals surface area contributed by atoms with Crippen LogP contribution in [0.1, 0.15) is 25.5 Å². The number of likely N-dealkylation sites (N-methyl/N-ethyl adjacent to an activating group) is 1. The van der Waals surface area contributed by atoms with Crippen LogP contribution < -0.4 is 5.43 Å². The van der Waals surface area contributed by atoms with Crippen LogP contribution >= 0.6 is 0 Å². The number of carboxylic acid groups (broad SMARTS) is 1. The second-order valence-corrected chi connectivity index (χ2v) is 4.63. The van der Waals surface area contributed by atoms with Crippen molar-refractivity contribution in [1.29, 1.82) is 0 Å². The third-order valence-electron chi connectivity index (χ3n) is 2.79. The van der Waals surface area contributed by atoms with Gasteiger partial charge in [0.25, 0.3) is 0 Å². The highest BCUT2D eigenvalue weighted by atomic mass is 16.4. The van der Waals surface area contributed by atoms with Crippen molar-refractivity contribution in [1.82, 2.24) is 9.47 Å². The van der Waals surface area contributed by atoms with Crippen molar-refractivity contribution in [2.24, 2.45) is 0 Å². The van der Waals surface area contributed by atoms with Gasteiger partial charge in [-0.1, -0.05) is 13.3 Å². The van der Waals surface area contributed by atoms with Gasteiger partial charge in [-0.05, 0) is 13.5 Å². The molecule has 0 radical (unpaired) electrons. The van der Waals surface area contributed by atoms with E-state index in [-0.39, 0.29) is 12.3 Å². The molecular formula is C13H20N2O4. The van der Waals surface area contributed by atoms with Crippen LogP contribution in [0.25, 0.3) is 0 Å². The van der Waals surface area contributed by atoms with E-state index in [4.69, 9.17) is 5.11 Å². The molecule has 0 saturated heterocycles. The number of aryl methyl sites for hydroxylation is 1. The van der Waals surface area contributed by atoms with Crippen LogP contribution in [0.3, 0.4) is 0 Å². The largest absolute Gasteiger partial charge is 0.503 e. The molecular weight excluding hydrogens is 248 g/mol. The number of hydrogen-bond donors (Lipinski definition) is 2. The summed E-state index contributed by atoms with van der Waals surface area (Å²) in [5.41, 5.74) is 0.270. The molecule has 6 heteroatoms. The summed E-state index contributed by atoms with van der Waals surface area (Å²) >= 11 is 0. The Labute approximate surface area is 111 Å². The molecule has 0 amide bonds. The molecule has 0 aliphatic heterocycles. The molecule has 0 atom stereocenters. The number of carbonyl (C=O) groups is 1. The number of carboxylic acids is 1. The Hall–Kier alpha value is -1.82. The lowest BCUT2D eigenvalue weighted by Gasteiger charge is -2.18. The van der Waals surface area contributed by atoms with Gasteiger partial charge in [-0.15, -0.1) is 0 Å². The SMILES string of the molecule is CCCCn1cc(O)c(=O)cc1CN(C)CC(=O)O. The van der Waals surface area contributed by atoms with Crippen LogP contribution in [0, 0.1) is 0 Å². The molecule has 1 heterocycles. The predicted molar refractivity (Wildman–Crippen MR) is 71.2 cm³/mol. The first-order chi connectivity index (χ1) is 8.93. The Kier molecular flexibility index (Phi) is 5.57. The van der Waals surface area contributed by atoms with Gasteiger partial charge in [0.1, 0.15) is 0 Å². The topological polar surface area (TPSA) is 82.8 Å². The first-order valence-electron chi connectivity index (χ1n) is 6.26. The second kappa shape index (κ2) is 6.94. The number of hydrogen-bond acceptors (Lipinski definition) is 4. The molecule has 1 rings (SSSR count). The maximum Gasteiger partial charge on any atom is 0.317 e. The molecule has 0 aromatic carbocycles. The van der Waals surface area contributed by atoms with E-state index in [0.717, 1.165) is 12.8 Å². The summed E-state index contributed by atoms with van der Waals surface area (Å²) in [6, 6.07) is 1.36. The monoisotopic (exact) mass is 268 g/mol. The summed E-state index contributed by atoms with van der Waals surface area (Å²) in [6.45, 7) is 3.01. The highest BCUT2D eigenvalue weighted by molar-refractivity contribution is 5.68. The Morgan fingerprint density at radius 1 is 1.47 bits per heavy atom. The lowest BCUT2D eigenvalue weighted by atomic mass is 10.2. The van der Waals surface area contributed by atoms with Gasteiger partial charge in [-0.25, -0.2) is 0 Å². The number of pyridine rings is 1. The van der Waals surface area contributed by atoms with Gasteiger partial charge in [0, 0.05) is 24.8 Å². The molecule has 19 heavy (non-hydrogen) atoms. The summed E-state index contributed by atoms with van der Waals surface area (Å²) in [4.78, 5) is 23.7. The number of aromatic hydroxyl groups is 1. The summed E-state index contributed by atoms with van der Waals surface area (Å²) in [7, 11) is 1.68. The van der Waals surface area contributed by atoms with Crippen molar-refractivity contribution in [3.05, 3.63) is 28.2 Å². The first-order valence-corrected chi connectivity index (χ1v) is 6.26. The average Bonchev–Trinajstić information content (AvgIpc) is 2.30. The minimum Gasteiger partial charge on any atom is -0.503 e. The van der Waals surface area contributed by atoms with E-state index in [0.29, 0.717) is 18.8 Å². The molecule has 0 unspecified atom stereocenters. The summed E-state index contributed by atoms with van der Waals surface area (Å²) in [6.07, 6.45) is 3.34. The van der Waals surface area contributed by atoms with Crippen molar-refractivity contribution in [2.75, 3.05) is 13.6 Å². The summed E-state index contributed by atoms with van der Waals surface area (Å²) in [5, 5.41) is 18.2. The molecule has 0 saturated carbocycles. The zero-order chi connectivity index (χ0) is 14.4. The van der Waals surface area contributed by atoms with Crippen LogP contribution in [0.5, 0.6) is 5.75 Å². The van der Waals surface area contributed by atoms with Gasteiger partial charge in [-0.2, -0.15) is 0 Å². The fourth-order valence-electron chi connectivity index (χ4n) is 1.84. The zero-order valence-electron chi connectivity index (χ0n) is 11.3. The van der Waals surface area contributed by atoms with Gasteiger partial charge >= 0.3 is 5.97 Å². The molecule has 6 nitrogen and oxygen atoms in total. The summed E-state index contributed by atoms with van der Waals surface area (Å²) < 4.78 is 1.80. The molecule has 0 aliphatic rings. The Bertz CT molecular complexity index is 496. The van der Waals surface area contributed by atoms with Crippen LogP contribution in [-0.2, 0) is 17.9 Å². The van der Waals surface area contributed by atoms with E-state index >= 15 is 0 Å². The highest BCUT2D eigenvalue weighted by Gasteiger charge is 2.10. The standard InChI is InChI=1S/C13H20N2O4/c1-3-4-5-15-8-12(17)11(16)6-10(15)7-14(2)9-13(18)19/h6,8,17H,3-5,7,9H2,1-2H3,(H,18,19). The van der Waals surface area contributed by atoms with Gasteiger partial charge in [0.05, 0.1) is 12.7 Å². The van der Waals surface area contributed by atoms with Crippen molar-refractivity contribution in [3.63, 3.8) is 0 Å². The van der Waals surface area contributed by atoms with Crippen LogP contribution in [0.4, 0.5) is 0 Å². The minimum atomic E-state index is -0.913. The molecule has 0 spiro atoms. The Balaban J connectivity index is 2.93. The lowest BCUT2D eigenvalue weighted by Crippen LogP contribution is -2.27. The smallest absolute Gasteiger partial charge is 0.317 e. The third-order valence-corrected chi connectivity index (χ3v) is 2.79. The fourth-order valence-corrected chi connectivity index (χ4v) is 1.84. The van der Waals surface area contributed by atoms with E-state index in [1.165, 1.54) is 12.3 Å². The lowest BCUT2D eigenvalue weighted by molar-refractivity contribution is -0.138. The van der Waals surface area contributed by atoms with Crippen molar-refractivity contribution in [2.45, 2.75) is 32.9 Å². The van der Waals surface area contributed by atoms with Gasteiger partial charge in [0.15, 0.2) is 5.75 Å². The quantitative estimate of drug-likeness (QED) is 0.766. The van der Waals surface area contributed by atoms with Crippen molar-refractivity contribution >= 4 is 5.97 Å². The first kappa shape index (κ1) is 15.2. The van der Waals surface area contributed by atoms with Crippen molar-refractivity contribution in [3.8, 4) is 5.75 Å². The normalized spacial score (nSPS) is 10.9.